The number of ether oxygens (including phenoxy) is 4. The average Bonchev–Trinajstić information content (AvgIpc) is 2.18. The highest BCUT2D eigenvalue weighted by atomic mass is 16.7. The predicted octanol–water partition coefficient (Wildman–Crippen LogP) is 0.360. The van der Waals surface area contributed by atoms with Crippen molar-refractivity contribution in [1.82, 2.24) is 0 Å². The van der Waals surface area contributed by atoms with Gasteiger partial charge in [0.1, 0.15) is 6.79 Å². The van der Waals surface area contributed by atoms with E-state index in [1.165, 1.54) is 13.8 Å². The summed E-state index contributed by atoms with van der Waals surface area (Å²) in [6, 6.07) is 0. The zero-order valence-corrected chi connectivity index (χ0v) is 9.07. The van der Waals surface area contributed by atoms with Crippen LogP contribution in [0.3, 0.4) is 0 Å². The van der Waals surface area contributed by atoms with Crippen molar-refractivity contribution in [3.05, 3.63) is 0 Å². The van der Waals surface area contributed by atoms with Gasteiger partial charge in [-0.2, -0.15) is 0 Å². The zero-order chi connectivity index (χ0) is 11.7. The van der Waals surface area contributed by atoms with Crippen molar-refractivity contribution in [2.75, 3.05) is 20.2 Å². The highest BCUT2D eigenvalue weighted by molar-refractivity contribution is 5.78. The summed E-state index contributed by atoms with van der Waals surface area (Å²) >= 11 is 0. The van der Waals surface area contributed by atoms with Crippen molar-refractivity contribution in [2.24, 2.45) is 0 Å². The second-order valence-electron chi connectivity index (χ2n) is 3.04. The van der Waals surface area contributed by atoms with Gasteiger partial charge in [0.2, 0.25) is 6.79 Å². The van der Waals surface area contributed by atoms with E-state index in [0.717, 1.165) is 6.47 Å². The standard InChI is InChI=1S/C9H15O6/c1-4-12-7-15-9(2,3)8(11)14-6-13-5-10/h4,6-7H2,1-3H3. The quantitative estimate of drug-likeness (QED) is 0.333. The molecule has 87 valence electrons. The highest BCUT2D eigenvalue weighted by Crippen LogP contribution is 2.11. The van der Waals surface area contributed by atoms with Gasteiger partial charge in [-0.05, 0) is 20.8 Å². The Kier molecular flexibility index (Phi) is 6.64. The maximum Gasteiger partial charge on any atom is 0.420 e. The molecule has 0 unspecified atom stereocenters. The first-order valence-corrected chi connectivity index (χ1v) is 4.42. The molecule has 0 spiro atoms. The van der Waals surface area contributed by atoms with Crippen LogP contribution in [0.5, 0.6) is 0 Å². The van der Waals surface area contributed by atoms with Crippen LogP contribution in [0.1, 0.15) is 20.8 Å². The molecule has 0 saturated carbocycles. The van der Waals surface area contributed by atoms with Crippen molar-refractivity contribution in [1.29, 1.82) is 0 Å². The molecule has 0 aromatic carbocycles. The van der Waals surface area contributed by atoms with Crippen LogP contribution < -0.4 is 0 Å². The van der Waals surface area contributed by atoms with E-state index in [9.17, 15) is 9.59 Å². The number of rotatable bonds is 8. The summed E-state index contributed by atoms with van der Waals surface area (Å²) < 4.78 is 18.7. The largest absolute Gasteiger partial charge is 0.426 e. The molecule has 0 aliphatic rings. The van der Waals surface area contributed by atoms with E-state index in [1.807, 2.05) is 6.92 Å². The first-order valence-electron chi connectivity index (χ1n) is 4.42. The smallest absolute Gasteiger partial charge is 0.420 e. The Balaban J connectivity index is 3.85. The van der Waals surface area contributed by atoms with Crippen LogP contribution in [0.25, 0.3) is 0 Å². The van der Waals surface area contributed by atoms with Gasteiger partial charge in [0.25, 0.3) is 0 Å². The van der Waals surface area contributed by atoms with Crippen LogP contribution in [0, 0.1) is 0 Å². The maximum absolute atomic E-state index is 11.3. The number of esters is 1. The summed E-state index contributed by atoms with van der Waals surface area (Å²) in [5.74, 6) is -0.641. The van der Waals surface area contributed by atoms with E-state index in [0.29, 0.717) is 6.61 Å². The molecule has 0 aromatic heterocycles. The summed E-state index contributed by atoms with van der Waals surface area (Å²) in [6.07, 6.45) is 0. The molecule has 0 heterocycles. The Labute approximate surface area is 88.4 Å². The summed E-state index contributed by atoms with van der Waals surface area (Å²) in [7, 11) is 0. The Hall–Kier alpha value is -1.14. The average molecular weight is 219 g/mol. The lowest BCUT2D eigenvalue weighted by molar-refractivity contribution is -0.189. The fourth-order valence-electron chi connectivity index (χ4n) is 0.612. The fourth-order valence-corrected chi connectivity index (χ4v) is 0.612. The second-order valence-corrected chi connectivity index (χ2v) is 3.04. The highest BCUT2D eigenvalue weighted by Gasteiger charge is 2.30. The number of hydrogen-bond acceptors (Lipinski definition) is 6. The van der Waals surface area contributed by atoms with E-state index in [2.05, 4.69) is 9.47 Å². The van der Waals surface area contributed by atoms with E-state index in [-0.39, 0.29) is 6.79 Å². The first kappa shape index (κ1) is 13.9. The molecule has 1 radical (unpaired) electrons. The van der Waals surface area contributed by atoms with Crippen LogP contribution in [0.2, 0.25) is 0 Å². The third kappa shape index (κ3) is 6.03. The summed E-state index contributed by atoms with van der Waals surface area (Å²) in [5.41, 5.74) is -1.14. The van der Waals surface area contributed by atoms with Gasteiger partial charge >= 0.3 is 12.4 Å². The lowest BCUT2D eigenvalue weighted by atomic mass is 10.1. The Morgan fingerprint density at radius 3 is 2.53 bits per heavy atom. The van der Waals surface area contributed by atoms with Crippen molar-refractivity contribution < 1.29 is 28.5 Å². The molecule has 0 aliphatic heterocycles. The summed E-state index contributed by atoms with van der Waals surface area (Å²) in [4.78, 5) is 21.0. The van der Waals surface area contributed by atoms with Gasteiger partial charge in [-0.1, -0.05) is 0 Å². The van der Waals surface area contributed by atoms with E-state index in [4.69, 9.17) is 9.47 Å². The normalized spacial score (nSPS) is 10.9. The van der Waals surface area contributed by atoms with Gasteiger partial charge in [-0.15, -0.1) is 0 Å². The Bertz CT molecular complexity index is 201. The third-order valence-corrected chi connectivity index (χ3v) is 1.51. The lowest BCUT2D eigenvalue weighted by Gasteiger charge is -2.22. The molecule has 6 nitrogen and oxygen atoms in total. The molecular weight excluding hydrogens is 204 g/mol. The topological polar surface area (TPSA) is 71.1 Å². The molecule has 0 amide bonds. The number of carbonyl (C=O) groups is 1. The van der Waals surface area contributed by atoms with Crippen LogP contribution in [-0.4, -0.2) is 38.2 Å². The van der Waals surface area contributed by atoms with E-state index < -0.39 is 18.4 Å². The molecule has 0 atom stereocenters. The lowest BCUT2D eigenvalue weighted by Crippen LogP contribution is -2.37. The van der Waals surface area contributed by atoms with Gasteiger partial charge in [0.05, 0.1) is 0 Å². The molecule has 15 heavy (non-hydrogen) atoms. The van der Waals surface area contributed by atoms with Crippen LogP contribution in [0.15, 0.2) is 0 Å². The summed E-state index contributed by atoms with van der Waals surface area (Å²) in [5, 5.41) is 0. The van der Waals surface area contributed by atoms with Crippen molar-refractivity contribution in [3.8, 4) is 0 Å². The Morgan fingerprint density at radius 1 is 1.33 bits per heavy atom. The number of hydrogen-bond donors (Lipinski definition) is 0. The van der Waals surface area contributed by atoms with Gasteiger partial charge in [-0.3, -0.25) is 0 Å². The predicted molar refractivity (Wildman–Crippen MR) is 49.4 cm³/mol. The third-order valence-electron chi connectivity index (χ3n) is 1.51. The minimum Gasteiger partial charge on any atom is -0.426 e. The van der Waals surface area contributed by atoms with Crippen molar-refractivity contribution >= 4 is 12.4 Å². The Morgan fingerprint density at radius 2 is 2.00 bits per heavy atom. The first-order chi connectivity index (χ1) is 7.04. The molecule has 0 bridgehead atoms. The van der Waals surface area contributed by atoms with Gasteiger partial charge < -0.3 is 18.9 Å². The van der Waals surface area contributed by atoms with Crippen molar-refractivity contribution in [3.63, 3.8) is 0 Å². The zero-order valence-electron chi connectivity index (χ0n) is 9.07. The van der Waals surface area contributed by atoms with Gasteiger partial charge in [0.15, 0.2) is 5.60 Å². The number of carbonyl (C=O) groups excluding carboxylic acids is 2. The molecule has 0 fully saturated rings. The maximum atomic E-state index is 11.3. The second kappa shape index (κ2) is 7.19. The van der Waals surface area contributed by atoms with E-state index in [1.54, 1.807) is 0 Å². The van der Waals surface area contributed by atoms with Gasteiger partial charge in [0, 0.05) is 6.61 Å². The van der Waals surface area contributed by atoms with Gasteiger partial charge in [-0.25, -0.2) is 9.59 Å². The molecule has 0 N–H and O–H groups in total. The molecule has 0 rings (SSSR count). The molecule has 0 aromatic rings. The SMILES string of the molecule is CCOCOC(C)(C)C(=O)OCO[C]=O. The van der Waals surface area contributed by atoms with Crippen molar-refractivity contribution in [2.45, 2.75) is 26.4 Å². The molecule has 6 heteroatoms. The molecule has 0 saturated heterocycles. The minimum atomic E-state index is -1.14. The minimum absolute atomic E-state index is 0.000731. The van der Waals surface area contributed by atoms with Crippen LogP contribution >= 0.6 is 0 Å². The monoisotopic (exact) mass is 219 g/mol. The van der Waals surface area contributed by atoms with E-state index >= 15 is 0 Å². The molecule has 0 aliphatic carbocycles. The summed E-state index contributed by atoms with van der Waals surface area (Å²) in [6.45, 7) is 6.02. The molecular formula is C9H15O6. The fraction of sp³-hybridized carbons (Fsp3) is 0.778. The van der Waals surface area contributed by atoms with Crippen LogP contribution in [-0.2, 0) is 28.5 Å². The van der Waals surface area contributed by atoms with Crippen LogP contribution in [0.4, 0.5) is 0 Å².